The molecule has 1 rings (SSSR count). The third-order valence-electron chi connectivity index (χ3n) is 1.04. The molecule has 0 unspecified atom stereocenters. The van der Waals surface area contributed by atoms with Crippen LogP contribution in [0.25, 0.3) is 0 Å². The van der Waals surface area contributed by atoms with E-state index in [2.05, 4.69) is 32.8 Å². The molecule has 51 valence electrons. The quantitative estimate of drug-likeness (QED) is 0.392. The Morgan fingerprint density at radius 2 is 1.90 bits per heavy atom. The molecule has 0 saturated heterocycles. The lowest BCUT2D eigenvalue weighted by atomic mass is 10.4. The molecule has 0 heterocycles. The normalized spacial score (nSPS) is 10.0. The van der Waals surface area contributed by atoms with Crippen molar-refractivity contribution in [3.63, 3.8) is 0 Å². The molecule has 3 radical (unpaired) electrons. The van der Waals surface area contributed by atoms with E-state index in [1.807, 2.05) is 6.07 Å². The summed E-state index contributed by atoms with van der Waals surface area (Å²) in [4.78, 5) is 0. The Balaban J connectivity index is 3.34. The zero-order valence-corrected chi connectivity index (χ0v) is 9.46. The van der Waals surface area contributed by atoms with Crippen LogP contribution in [-0.2, 0) is 0 Å². The minimum absolute atomic E-state index is 0.591. The molecule has 0 fully saturated rings. The van der Waals surface area contributed by atoms with Crippen LogP contribution in [0.15, 0.2) is 12.1 Å². The molecule has 0 aliphatic rings. The van der Waals surface area contributed by atoms with Crippen molar-refractivity contribution in [3.8, 4) is 0 Å². The van der Waals surface area contributed by atoms with Crippen molar-refractivity contribution in [1.82, 2.24) is 0 Å². The summed E-state index contributed by atoms with van der Waals surface area (Å²) in [5.41, 5.74) is 0. The summed E-state index contributed by atoms with van der Waals surface area (Å²) in [5, 5.41) is 2.16. The lowest BCUT2D eigenvalue weighted by Crippen LogP contribution is -2.06. The summed E-state index contributed by atoms with van der Waals surface area (Å²) < 4.78 is 0.948. The Kier molecular flexibility index (Phi) is 3.03. The first-order valence-electron chi connectivity index (χ1n) is 2.48. The Morgan fingerprint density at radius 3 is 2.40 bits per heavy atom. The smallest absolute Gasteiger partial charge is 0.0727 e. The Hall–Kier alpha value is 0.747. The molecule has 0 atom stereocenters. The molecule has 0 aliphatic heterocycles. The Morgan fingerprint density at radius 1 is 1.30 bits per heavy atom. The Bertz CT molecular complexity index is 235. The van der Waals surface area contributed by atoms with Crippen LogP contribution >= 0.6 is 45.8 Å². The van der Waals surface area contributed by atoms with Gasteiger partial charge < -0.3 is 0 Å². The van der Waals surface area contributed by atoms with E-state index in [-0.39, 0.29) is 0 Å². The van der Waals surface area contributed by atoms with Gasteiger partial charge in [-0.05, 0) is 28.7 Å². The van der Waals surface area contributed by atoms with Crippen LogP contribution in [0.5, 0.6) is 0 Å². The fraction of sp³-hybridized carbons (Fsp3) is 0. The SMILES string of the molecule is [Si]c1ccc(Cl)c(Cl)c1I. The van der Waals surface area contributed by atoms with Crippen molar-refractivity contribution >= 4 is 61.2 Å². The van der Waals surface area contributed by atoms with Gasteiger partial charge in [0.25, 0.3) is 0 Å². The standard InChI is InChI=1S/C6H2Cl2ISi/c7-3-1-2-4(10)6(9)5(3)8/h1-2H. The summed E-state index contributed by atoms with van der Waals surface area (Å²) in [6.45, 7) is 0. The molecule has 1 aromatic carbocycles. The largest absolute Gasteiger partial charge is 0.0827 e. The van der Waals surface area contributed by atoms with Gasteiger partial charge in [-0.15, -0.1) is 0 Å². The first-order valence-corrected chi connectivity index (χ1v) is 4.81. The third-order valence-corrected chi connectivity index (χ3v) is 4.20. The third kappa shape index (κ3) is 1.67. The molecular weight excluding hydrogens is 298 g/mol. The summed E-state index contributed by atoms with van der Waals surface area (Å²) in [7, 11) is 3.38. The molecule has 0 amide bonds. The van der Waals surface area contributed by atoms with Gasteiger partial charge in [0.1, 0.15) is 0 Å². The van der Waals surface area contributed by atoms with Crippen LogP contribution in [0.3, 0.4) is 0 Å². The van der Waals surface area contributed by atoms with Crippen LogP contribution in [-0.4, -0.2) is 10.2 Å². The highest BCUT2D eigenvalue weighted by molar-refractivity contribution is 14.1. The van der Waals surface area contributed by atoms with Crippen LogP contribution in [0.2, 0.25) is 10.0 Å². The number of rotatable bonds is 0. The maximum atomic E-state index is 5.81. The van der Waals surface area contributed by atoms with Crippen molar-refractivity contribution < 1.29 is 0 Å². The fourth-order valence-electron chi connectivity index (χ4n) is 0.526. The van der Waals surface area contributed by atoms with E-state index in [9.17, 15) is 0 Å². The number of hydrogen-bond donors (Lipinski definition) is 0. The molecule has 0 aromatic heterocycles. The summed E-state index contributed by atoms with van der Waals surface area (Å²) in [6.07, 6.45) is 0. The maximum absolute atomic E-state index is 5.81. The monoisotopic (exact) mass is 299 g/mol. The minimum atomic E-state index is 0.591. The molecule has 1 aromatic rings. The highest BCUT2D eigenvalue weighted by Crippen LogP contribution is 2.24. The summed E-state index contributed by atoms with van der Waals surface area (Å²) in [6, 6.07) is 3.63. The lowest BCUT2D eigenvalue weighted by molar-refractivity contribution is 1.70. The van der Waals surface area contributed by atoms with Crippen LogP contribution in [0.1, 0.15) is 0 Å². The zero-order chi connectivity index (χ0) is 7.72. The molecule has 0 bridgehead atoms. The van der Waals surface area contributed by atoms with E-state index in [0.29, 0.717) is 10.0 Å². The first kappa shape index (κ1) is 8.84. The summed E-state index contributed by atoms with van der Waals surface area (Å²) in [5.74, 6) is 0. The van der Waals surface area contributed by atoms with Gasteiger partial charge in [-0.2, -0.15) is 0 Å². The molecule has 0 saturated carbocycles. The van der Waals surface area contributed by atoms with Crippen molar-refractivity contribution in [2.45, 2.75) is 0 Å². The topological polar surface area (TPSA) is 0 Å². The molecule has 10 heavy (non-hydrogen) atoms. The maximum Gasteiger partial charge on any atom is 0.0727 e. The Labute approximate surface area is 86.5 Å². The number of halogens is 3. The van der Waals surface area contributed by atoms with Gasteiger partial charge in [-0.25, -0.2) is 0 Å². The van der Waals surface area contributed by atoms with Gasteiger partial charge in [0.05, 0.1) is 20.3 Å². The van der Waals surface area contributed by atoms with Crippen molar-refractivity contribution in [1.29, 1.82) is 0 Å². The number of hydrogen-bond acceptors (Lipinski definition) is 0. The second-order valence-electron chi connectivity index (χ2n) is 1.72. The molecule has 0 nitrogen and oxygen atoms in total. The van der Waals surface area contributed by atoms with E-state index < -0.39 is 0 Å². The second kappa shape index (κ2) is 3.43. The predicted molar refractivity (Wildman–Crippen MR) is 54.6 cm³/mol. The highest BCUT2D eigenvalue weighted by atomic mass is 127. The highest BCUT2D eigenvalue weighted by Gasteiger charge is 2.03. The van der Waals surface area contributed by atoms with Gasteiger partial charge in [0.15, 0.2) is 0 Å². The van der Waals surface area contributed by atoms with E-state index >= 15 is 0 Å². The van der Waals surface area contributed by atoms with Crippen LogP contribution in [0, 0.1) is 3.57 Å². The molecule has 0 spiro atoms. The van der Waals surface area contributed by atoms with Crippen molar-refractivity contribution in [2.75, 3.05) is 0 Å². The van der Waals surface area contributed by atoms with E-state index in [1.54, 1.807) is 6.07 Å². The van der Waals surface area contributed by atoms with Crippen LogP contribution < -0.4 is 5.19 Å². The van der Waals surface area contributed by atoms with E-state index in [0.717, 1.165) is 8.76 Å². The average Bonchev–Trinajstić information content (AvgIpc) is 1.93. The number of benzene rings is 1. The van der Waals surface area contributed by atoms with Gasteiger partial charge in [0, 0.05) is 3.57 Å². The lowest BCUT2D eigenvalue weighted by Gasteiger charge is -2.00. The predicted octanol–water partition coefficient (Wildman–Crippen LogP) is 2.39. The fourth-order valence-corrected chi connectivity index (χ4v) is 1.77. The van der Waals surface area contributed by atoms with Crippen molar-refractivity contribution in [3.05, 3.63) is 25.7 Å². The molecule has 4 heteroatoms. The van der Waals surface area contributed by atoms with E-state index in [1.165, 1.54) is 0 Å². The van der Waals surface area contributed by atoms with Crippen LogP contribution in [0.4, 0.5) is 0 Å². The van der Waals surface area contributed by atoms with Crippen molar-refractivity contribution in [2.24, 2.45) is 0 Å². The minimum Gasteiger partial charge on any atom is -0.0827 e. The molecular formula is C6H2Cl2ISi. The van der Waals surface area contributed by atoms with Gasteiger partial charge in [-0.3, -0.25) is 0 Å². The molecule has 0 N–H and O–H groups in total. The molecule has 0 aliphatic carbocycles. The van der Waals surface area contributed by atoms with Gasteiger partial charge in [-0.1, -0.05) is 34.5 Å². The van der Waals surface area contributed by atoms with Gasteiger partial charge >= 0.3 is 0 Å². The summed E-state index contributed by atoms with van der Waals surface area (Å²) >= 11 is 13.7. The van der Waals surface area contributed by atoms with E-state index in [4.69, 9.17) is 23.2 Å². The average molecular weight is 300 g/mol. The zero-order valence-electron chi connectivity index (χ0n) is 4.79. The van der Waals surface area contributed by atoms with Gasteiger partial charge in [0.2, 0.25) is 0 Å². The second-order valence-corrected chi connectivity index (χ2v) is 4.13. The first-order chi connectivity index (χ1) is 4.63.